The average molecular weight is 266 g/mol. The van der Waals surface area contributed by atoms with Crippen LogP contribution in [-0.4, -0.2) is 18.9 Å². The number of hydrogen-bond acceptors (Lipinski definition) is 4. The summed E-state index contributed by atoms with van der Waals surface area (Å²) in [7, 11) is 0. The number of nitrogens with two attached hydrogens (primary N) is 1. The highest BCUT2D eigenvalue weighted by molar-refractivity contribution is 7.18. The van der Waals surface area contributed by atoms with Crippen LogP contribution in [0.25, 0.3) is 0 Å². The molecule has 1 aromatic heterocycles. The lowest BCUT2D eigenvalue weighted by atomic mass is 9.92. The van der Waals surface area contributed by atoms with E-state index in [-0.39, 0.29) is 5.78 Å². The molecule has 1 fully saturated rings. The van der Waals surface area contributed by atoms with Crippen molar-refractivity contribution >= 4 is 27.8 Å². The Morgan fingerprint density at radius 3 is 2.61 bits per heavy atom. The predicted molar refractivity (Wildman–Crippen MR) is 78.5 cm³/mol. The second-order valence-electron chi connectivity index (χ2n) is 5.50. The molecule has 0 spiro atoms. The molecule has 2 rings (SSSR count). The van der Waals surface area contributed by atoms with Crippen LogP contribution in [0.3, 0.4) is 0 Å². The molecule has 2 atom stereocenters. The Kier molecular flexibility index (Phi) is 3.95. The van der Waals surface area contributed by atoms with Crippen LogP contribution in [0.5, 0.6) is 0 Å². The molecule has 18 heavy (non-hydrogen) atoms. The van der Waals surface area contributed by atoms with E-state index in [1.54, 1.807) is 11.3 Å². The summed E-state index contributed by atoms with van der Waals surface area (Å²) < 4.78 is 0. The number of Topliss-reactive ketones (excluding diaryl/α,β-unsaturated/α-hetero) is 1. The Balaban J connectivity index is 2.21. The van der Waals surface area contributed by atoms with E-state index in [4.69, 9.17) is 5.73 Å². The molecular formula is C14H22N2OS. The average Bonchev–Trinajstić information content (AvgIpc) is 2.69. The van der Waals surface area contributed by atoms with Gasteiger partial charge in [-0.15, -0.1) is 11.3 Å². The van der Waals surface area contributed by atoms with Gasteiger partial charge in [0.05, 0.1) is 15.6 Å². The van der Waals surface area contributed by atoms with E-state index in [2.05, 4.69) is 18.7 Å². The first-order valence-corrected chi connectivity index (χ1v) is 7.50. The van der Waals surface area contributed by atoms with Gasteiger partial charge in [-0.25, -0.2) is 0 Å². The zero-order valence-electron chi connectivity index (χ0n) is 11.4. The fourth-order valence-electron chi connectivity index (χ4n) is 2.77. The van der Waals surface area contributed by atoms with Crippen LogP contribution >= 0.6 is 11.3 Å². The highest BCUT2D eigenvalue weighted by Gasteiger charge is 2.24. The van der Waals surface area contributed by atoms with E-state index in [1.807, 2.05) is 13.0 Å². The number of thiophene rings is 1. The van der Waals surface area contributed by atoms with Gasteiger partial charge in [0.15, 0.2) is 5.78 Å². The van der Waals surface area contributed by atoms with Gasteiger partial charge in [0, 0.05) is 19.5 Å². The van der Waals surface area contributed by atoms with Gasteiger partial charge >= 0.3 is 0 Å². The van der Waals surface area contributed by atoms with Crippen molar-refractivity contribution in [3.8, 4) is 0 Å². The van der Waals surface area contributed by atoms with Gasteiger partial charge in [-0.1, -0.05) is 20.8 Å². The number of anilines is 2. The number of carbonyl (C=O) groups is 1. The fourth-order valence-corrected chi connectivity index (χ4v) is 3.88. The maximum absolute atomic E-state index is 11.8. The first kappa shape index (κ1) is 13.4. The topological polar surface area (TPSA) is 46.3 Å². The van der Waals surface area contributed by atoms with Crippen molar-refractivity contribution in [2.24, 2.45) is 11.8 Å². The van der Waals surface area contributed by atoms with Crippen LogP contribution in [-0.2, 0) is 0 Å². The lowest BCUT2D eigenvalue weighted by Crippen LogP contribution is -2.38. The minimum Gasteiger partial charge on any atom is -0.397 e. The van der Waals surface area contributed by atoms with E-state index < -0.39 is 0 Å². The Labute approximate surface area is 113 Å². The molecule has 2 N–H and O–H groups in total. The van der Waals surface area contributed by atoms with Crippen molar-refractivity contribution in [2.45, 2.75) is 33.6 Å². The summed E-state index contributed by atoms with van der Waals surface area (Å²) in [6.45, 7) is 8.61. The molecule has 0 bridgehead atoms. The molecule has 1 aliphatic rings. The SMILES string of the molecule is CCC(=O)c1sc(N2CC(C)CC(C)C2)cc1N. The quantitative estimate of drug-likeness (QED) is 0.853. The van der Waals surface area contributed by atoms with Crippen molar-refractivity contribution < 1.29 is 4.79 Å². The molecule has 4 heteroatoms. The first-order valence-electron chi connectivity index (χ1n) is 6.68. The molecule has 0 amide bonds. The van der Waals surface area contributed by atoms with E-state index in [0.29, 0.717) is 23.9 Å². The monoisotopic (exact) mass is 266 g/mol. The van der Waals surface area contributed by atoms with E-state index >= 15 is 0 Å². The predicted octanol–water partition coefficient (Wildman–Crippen LogP) is 3.41. The molecule has 3 nitrogen and oxygen atoms in total. The number of nitrogens with zero attached hydrogens (tertiary/aromatic N) is 1. The third-order valence-corrected chi connectivity index (χ3v) is 4.76. The normalized spacial score (nSPS) is 24.3. The summed E-state index contributed by atoms with van der Waals surface area (Å²) in [5, 5.41) is 1.16. The lowest BCUT2D eigenvalue weighted by molar-refractivity contribution is 0.0993. The van der Waals surface area contributed by atoms with Crippen molar-refractivity contribution in [3.63, 3.8) is 0 Å². The summed E-state index contributed by atoms with van der Waals surface area (Å²) in [4.78, 5) is 14.9. The molecule has 2 heterocycles. The van der Waals surface area contributed by atoms with Crippen molar-refractivity contribution in [2.75, 3.05) is 23.7 Å². The Hall–Kier alpha value is -1.03. The van der Waals surface area contributed by atoms with E-state index in [1.165, 1.54) is 6.42 Å². The lowest BCUT2D eigenvalue weighted by Gasteiger charge is -2.35. The summed E-state index contributed by atoms with van der Waals surface area (Å²) in [6.07, 6.45) is 1.81. The van der Waals surface area contributed by atoms with Gasteiger partial charge in [-0.05, 0) is 24.3 Å². The van der Waals surface area contributed by atoms with Crippen molar-refractivity contribution in [3.05, 3.63) is 10.9 Å². The zero-order chi connectivity index (χ0) is 13.3. The molecule has 100 valence electrons. The first-order chi connectivity index (χ1) is 8.51. The van der Waals surface area contributed by atoms with E-state index in [9.17, 15) is 4.79 Å². The van der Waals surface area contributed by atoms with Crippen LogP contribution in [0.4, 0.5) is 10.7 Å². The number of carbonyl (C=O) groups excluding carboxylic acids is 1. The molecule has 2 unspecified atom stereocenters. The van der Waals surface area contributed by atoms with Crippen LogP contribution in [0.15, 0.2) is 6.07 Å². The Morgan fingerprint density at radius 1 is 1.44 bits per heavy atom. The highest BCUT2D eigenvalue weighted by Crippen LogP contribution is 2.36. The molecule has 0 saturated carbocycles. The highest BCUT2D eigenvalue weighted by atomic mass is 32.1. The Bertz CT molecular complexity index is 431. The minimum atomic E-state index is 0.154. The number of ketones is 1. The number of rotatable bonds is 3. The smallest absolute Gasteiger partial charge is 0.174 e. The maximum Gasteiger partial charge on any atom is 0.174 e. The summed E-state index contributed by atoms with van der Waals surface area (Å²) >= 11 is 1.55. The van der Waals surface area contributed by atoms with Gasteiger partial charge in [0.25, 0.3) is 0 Å². The third kappa shape index (κ3) is 2.69. The maximum atomic E-state index is 11.8. The number of hydrogen-bond donors (Lipinski definition) is 1. The molecular weight excluding hydrogens is 244 g/mol. The number of nitrogen functional groups attached to an aromatic ring is 1. The van der Waals surface area contributed by atoms with Crippen molar-refractivity contribution in [1.29, 1.82) is 0 Å². The van der Waals surface area contributed by atoms with Gasteiger partial charge in [-0.2, -0.15) is 0 Å². The molecule has 0 aliphatic carbocycles. The summed E-state index contributed by atoms with van der Waals surface area (Å²) in [5.74, 6) is 1.58. The van der Waals surface area contributed by atoms with Gasteiger partial charge in [0.1, 0.15) is 0 Å². The summed E-state index contributed by atoms with van der Waals surface area (Å²) in [6, 6.07) is 1.97. The van der Waals surface area contributed by atoms with Gasteiger partial charge < -0.3 is 10.6 Å². The zero-order valence-corrected chi connectivity index (χ0v) is 12.2. The molecule has 1 aromatic rings. The molecule has 0 radical (unpaired) electrons. The van der Waals surface area contributed by atoms with Gasteiger partial charge in [-0.3, -0.25) is 4.79 Å². The fraction of sp³-hybridized carbons (Fsp3) is 0.643. The number of piperidine rings is 1. The molecule has 1 saturated heterocycles. The van der Waals surface area contributed by atoms with Crippen molar-refractivity contribution in [1.82, 2.24) is 0 Å². The second kappa shape index (κ2) is 5.31. The largest absolute Gasteiger partial charge is 0.397 e. The van der Waals surface area contributed by atoms with Crippen LogP contribution in [0.2, 0.25) is 0 Å². The van der Waals surface area contributed by atoms with Crippen LogP contribution < -0.4 is 10.6 Å². The van der Waals surface area contributed by atoms with Crippen LogP contribution in [0.1, 0.15) is 43.3 Å². The minimum absolute atomic E-state index is 0.154. The van der Waals surface area contributed by atoms with Gasteiger partial charge in [0.2, 0.25) is 0 Å². The molecule has 0 aromatic carbocycles. The molecule has 1 aliphatic heterocycles. The second-order valence-corrected chi connectivity index (χ2v) is 6.53. The summed E-state index contributed by atoms with van der Waals surface area (Å²) in [5.41, 5.74) is 6.60. The van der Waals surface area contributed by atoms with E-state index in [0.717, 1.165) is 23.0 Å². The van der Waals surface area contributed by atoms with Crippen LogP contribution in [0, 0.1) is 11.8 Å². The third-order valence-electron chi connectivity index (χ3n) is 3.50. The Morgan fingerprint density at radius 2 is 2.06 bits per heavy atom. The standard InChI is InChI=1S/C14H22N2OS/c1-4-12(17)14-11(15)6-13(18-14)16-7-9(2)5-10(3)8-16/h6,9-10H,4-5,7-8,15H2,1-3H3.